The molecular formula is C8H12N2O. The fourth-order valence-corrected chi connectivity index (χ4v) is 1.15. The highest BCUT2D eigenvalue weighted by molar-refractivity contribution is 5.77. The highest BCUT2D eigenvalue weighted by atomic mass is 16.1. The Morgan fingerprint density at radius 1 is 1.73 bits per heavy atom. The number of nitrogens with one attached hydrogen (secondary N) is 1. The van der Waals surface area contributed by atoms with E-state index in [-0.39, 0.29) is 5.91 Å². The van der Waals surface area contributed by atoms with E-state index in [1.807, 2.05) is 0 Å². The first kappa shape index (κ1) is 8.06. The topological polar surface area (TPSA) is 52.9 Å². The van der Waals surface area contributed by atoms with E-state index >= 15 is 0 Å². The van der Waals surface area contributed by atoms with Gasteiger partial charge in [-0.3, -0.25) is 4.79 Å². The maximum atomic E-state index is 10.9. The van der Waals surface area contributed by atoms with Gasteiger partial charge in [-0.1, -0.05) is 6.92 Å². The SMILES string of the molecule is CCC(=O)NC1(C#N)CCC1. The van der Waals surface area contributed by atoms with Crippen LogP contribution in [0.4, 0.5) is 0 Å². The van der Waals surface area contributed by atoms with Crippen LogP contribution in [0.1, 0.15) is 32.6 Å². The molecule has 1 saturated carbocycles. The summed E-state index contributed by atoms with van der Waals surface area (Å²) in [7, 11) is 0. The lowest BCUT2D eigenvalue weighted by molar-refractivity contribution is -0.122. The molecule has 0 aromatic heterocycles. The quantitative estimate of drug-likeness (QED) is 0.640. The van der Waals surface area contributed by atoms with Crippen molar-refractivity contribution in [3.05, 3.63) is 0 Å². The van der Waals surface area contributed by atoms with E-state index in [1.54, 1.807) is 6.92 Å². The summed E-state index contributed by atoms with van der Waals surface area (Å²) in [6.07, 6.45) is 3.14. The zero-order valence-electron chi connectivity index (χ0n) is 6.68. The van der Waals surface area contributed by atoms with Gasteiger partial charge in [-0.25, -0.2) is 0 Å². The first-order chi connectivity index (χ1) is 5.22. The second-order valence-corrected chi connectivity index (χ2v) is 2.95. The molecule has 0 aliphatic heterocycles. The molecule has 0 bridgehead atoms. The lowest BCUT2D eigenvalue weighted by atomic mass is 9.78. The number of rotatable bonds is 2. The fourth-order valence-electron chi connectivity index (χ4n) is 1.15. The van der Waals surface area contributed by atoms with Gasteiger partial charge < -0.3 is 5.32 Å². The van der Waals surface area contributed by atoms with E-state index in [0.29, 0.717) is 6.42 Å². The first-order valence-electron chi connectivity index (χ1n) is 3.95. The summed E-state index contributed by atoms with van der Waals surface area (Å²) in [5.74, 6) is -0.0220. The molecule has 1 aliphatic rings. The molecule has 0 saturated heterocycles. The molecule has 1 N–H and O–H groups in total. The minimum absolute atomic E-state index is 0.0220. The first-order valence-corrected chi connectivity index (χ1v) is 3.95. The standard InChI is InChI=1S/C8H12N2O/c1-2-7(11)10-8(6-9)4-3-5-8/h2-5H2,1H3,(H,10,11). The van der Waals surface area contributed by atoms with Gasteiger partial charge in [0.05, 0.1) is 6.07 Å². The molecule has 0 heterocycles. The van der Waals surface area contributed by atoms with Crippen LogP contribution in [-0.2, 0) is 4.79 Å². The van der Waals surface area contributed by atoms with Crippen LogP contribution in [0.5, 0.6) is 0 Å². The molecule has 0 spiro atoms. The highest BCUT2D eigenvalue weighted by Gasteiger charge is 2.37. The molecule has 0 aromatic carbocycles. The van der Waals surface area contributed by atoms with E-state index in [4.69, 9.17) is 5.26 Å². The molecule has 0 unspecified atom stereocenters. The monoisotopic (exact) mass is 152 g/mol. The molecule has 60 valence electrons. The Morgan fingerprint density at radius 3 is 2.64 bits per heavy atom. The summed E-state index contributed by atoms with van der Waals surface area (Å²) in [4.78, 5) is 10.9. The third kappa shape index (κ3) is 1.51. The zero-order valence-corrected chi connectivity index (χ0v) is 6.68. The third-order valence-corrected chi connectivity index (χ3v) is 2.12. The minimum Gasteiger partial charge on any atom is -0.338 e. The number of nitrogens with zero attached hydrogens (tertiary/aromatic N) is 1. The summed E-state index contributed by atoms with van der Waals surface area (Å²) in [6.45, 7) is 1.79. The minimum atomic E-state index is -0.507. The van der Waals surface area contributed by atoms with Crippen molar-refractivity contribution in [1.82, 2.24) is 5.32 Å². The Balaban J connectivity index is 2.46. The van der Waals surface area contributed by atoms with Crippen molar-refractivity contribution < 1.29 is 4.79 Å². The molecule has 1 aliphatic carbocycles. The number of hydrogen-bond donors (Lipinski definition) is 1. The largest absolute Gasteiger partial charge is 0.338 e. The average molecular weight is 152 g/mol. The van der Waals surface area contributed by atoms with Crippen molar-refractivity contribution in [3.63, 3.8) is 0 Å². The molecule has 3 nitrogen and oxygen atoms in total. The predicted molar refractivity (Wildman–Crippen MR) is 40.6 cm³/mol. The van der Waals surface area contributed by atoms with Crippen LogP contribution in [0.3, 0.4) is 0 Å². The lowest BCUT2D eigenvalue weighted by Crippen LogP contribution is -2.52. The summed E-state index contributed by atoms with van der Waals surface area (Å²) in [5.41, 5.74) is -0.507. The van der Waals surface area contributed by atoms with Crippen molar-refractivity contribution in [2.45, 2.75) is 38.1 Å². The van der Waals surface area contributed by atoms with Crippen molar-refractivity contribution in [3.8, 4) is 6.07 Å². The second-order valence-electron chi connectivity index (χ2n) is 2.95. The van der Waals surface area contributed by atoms with Gasteiger partial charge in [0.1, 0.15) is 5.54 Å². The Labute approximate surface area is 66.4 Å². The average Bonchev–Trinajstić information content (AvgIpc) is 1.96. The van der Waals surface area contributed by atoms with E-state index in [2.05, 4.69) is 11.4 Å². The van der Waals surface area contributed by atoms with Crippen LogP contribution < -0.4 is 5.32 Å². The molecule has 3 heteroatoms. The highest BCUT2D eigenvalue weighted by Crippen LogP contribution is 2.30. The number of carbonyl (C=O) groups excluding carboxylic acids is 1. The molecule has 0 radical (unpaired) electrons. The maximum absolute atomic E-state index is 10.9. The van der Waals surface area contributed by atoms with Crippen molar-refractivity contribution >= 4 is 5.91 Å². The summed E-state index contributed by atoms with van der Waals surface area (Å²) in [6, 6.07) is 2.15. The molecule has 1 amide bonds. The van der Waals surface area contributed by atoms with Gasteiger partial charge in [-0.15, -0.1) is 0 Å². The van der Waals surface area contributed by atoms with Gasteiger partial charge in [0.15, 0.2) is 0 Å². The Hall–Kier alpha value is -1.04. The smallest absolute Gasteiger partial charge is 0.220 e. The maximum Gasteiger partial charge on any atom is 0.220 e. The van der Waals surface area contributed by atoms with E-state index in [9.17, 15) is 4.79 Å². The van der Waals surface area contributed by atoms with Crippen molar-refractivity contribution in [2.24, 2.45) is 0 Å². The van der Waals surface area contributed by atoms with Gasteiger partial charge in [-0.2, -0.15) is 5.26 Å². The van der Waals surface area contributed by atoms with Crippen molar-refractivity contribution in [2.75, 3.05) is 0 Å². The Kier molecular flexibility index (Phi) is 2.13. The fraction of sp³-hybridized carbons (Fsp3) is 0.750. The lowest BCUT2D eigenvalue weighted by Gasteiger charge is -2.35. The van der Waals surface area contributed by atoms with Crippen LogP contribution in [0.2, 0.25) is 0 Å². The molecule has 11 heavy (non-hydrogen) atoms. The second kappa shape index (κ2) is 2.91. The number of hydrogen-bond acceptors (Lipinski definition) is 2. The van der Waals surface area contributed by atoms with E-state index in [0.717, 1.165) is 19.3 Å². The van der Waals surface area contributed by atoms with Gasteiger partial charge in [0.25, 0.3) is 0 Å². The molecule has 1 rings (SSSR count). The molecular weight excluding hydrogens is 140 g/mol. The zero-order chi connectivity index (χ0) is 8.32. The van der Waals surface area contributed by atoms with Crippen LogP contribution in [-0.4, -0.2) is 11.4 Å². The van der Waals surface area contributed by atoms with Crippen LogP contribution in [0.15, 0.2) is 0 Å². The summed E-state index contributed by atoms with van der Waals surface area (Å²) in [5, 5.41) is 11.4. The molecule has 1 fully saturated rings. The van der Waals surface area contributed by atoms with E-state index < -0.39 is 5.54 Å². The van der Waals surface area contributed by atoms with Crippen LogP contribution in [0.25, 0.3) is 0 Å². The van der Waals surface area contributed by atoms with Gasteiger partial charge >= 0.3 is 0 Å². The molecule has 0 aromatic rings. The molecule has 0 atom stereocenters. The van der Waals surface area contributed by atoms with Crippen LogP contribution >= 0.6 is 0 Å². The number of carbonyl (C=O) groups is 1. The predicted octanol–water partition coefficient (Wildman–Crippen LogP) is 0.959. The number of amides is 1. The van der Waals surface area contributed by atoms with Gasteiger partial charge in [0.2, 0.25) is 5.91 Å². The Morgan fingerprint density at radius 2 is 2.36 bits per heavy atom. The van der Waals surface area contributed by atoms with Gasteiger partial charge in [0, 0.05) is 6.42 Å². The third-order valence-electron chi connectivity index (χ3n) is 2.12. The normalized spacial score (nSPS) is 19.6. The van der Waals surface area contributed by atoms with Crippen molar-refractivity contribution in [1.29, 1.82) is 5.26 Å². The summed E-state index contributed by atoms with van der Waals surface area (Å²) < 4.78 is 0. The summed E-state index contributed by atoms with van der Waals surface area (Å²) >= 11 is 0. The van der Waals surface area contributed by atoms with E-state index in [1.165, 1.54) is 0 Å². The number of nitriles is 1. The van der Waals surface area contributed by atoms with Gasteiger partial charge in [-0.05, 0) is 19.3 Å². The Bertz CT molecular complexity index is 201. The van der Waals surface area contributed by atoms with Crippen LogP contribution in [0, 0.1) is 11.3 Å².